The molecule has 1 N–H and O–H groups in total. The van der Waals surface area contributed by atoms with Crippen molar-refractivity contribution in [3.05, 3.63) is 70.8 Å². The van der Waals surface area contributed by atoms with Crippen molar-refractivity contribution < 1.29 is 22.8 Å². The molecular weight excluding hydrogens is 371 g/mol. The van der Waals surface area contributed by atoms with Crippen LogP contribution >= 0.6 is 0 Å². The third kappa shape index (κ3) is 6.09. The van der Waals surface area contributed by atoms with Gasteiger partial charge in [0.1, 0.15) is 12.4 Å². The largest absolute Gasteiger partial charge is 0.416 e. The predicted molar refractivity (Wildman–Crippen MR) is 102 cm³/mol. The highest BCUT2D eigenvalue weighted by Gasteiger charge is 2.30. The highest BCUT2D eigenvalue weighted by molar-refractivity contribution is 5.98. The van der Waals surface area contributed by atoms with Crippen LogP contribution in [0.2, 0.25) is 0 Å². The summed E-state index contributed by atoms with van der Waals surface area (Å²) in [6, 6.07) is 12.6. The van der Waals surface area contributed by atoms with Crippen molar-refractivity contribution >= 4 is 11.5 Å². The van der Waals surface area contributed by atoms with Gasteiger partial charge in [-0.2, -0.15) is 13.2 Å². The molecule has 2 rings (SSSR count). The van der Waals surface area contributed by atoms with Crippen LogP contribution in [0.5, 0.6) is 0 Å². The van der Waals surface area contributed by atoms with Gasteiger partial charge in [-0.1, -0.05) is 41.6 Å². The molecule has 150 valence electrons. The third-order valence-corrected chi connectivity index (χ3v) is 4.00. The smallest absolute Gasteiger partial charge is 0.391 e. The summed E-state index contributed by atoms with van der Waals surface area (Å²) in [6.45, 7) is 1.78. The normalized spacial score (nSPS) is 12.8. The number of oxime groups is 1. The van der Waals surface area contributed by atoms with Crippen LogP contribution in [0.3, 0.4) is 0 Å². The lowest BCUT2D eigenvalue weighted by atomic mass is 10.0. The van der Waals surface area contributed by atoms with E-state index in [1.54, 1.807) is 20.0 Å². The fourth-order valence-electron chi connectivity index (χ4n) is 2.50. The minimum Gasteiger partial charge on any atom is -0.391 e. The summed E-state index contributed by atoms with van der Waals surface area (Å²) in [4.78, 5) is 14.4. The summed E-state index contributed by atoms with van der Waals surface area (Å²) in [5.41, 5.74) is 4.57. The van der Waals surface area contributed by atoms with Gasteiger partial charge in [0.15, 0.2) is 0 Å². The molecule has 0 unspecified atom stereocenters. The Bertz CT molecular complexity index is 849. The second kappa shape index (κ2) is 9.89. The number of rotatable bonds is 7. The van der Waals surface area contributed by atoms with E-state index in [-0.39, 0.29) is 6.61 Å². The number of aliphatic imine (C=N–C) groups is 1. The van der Waals surface area contributed by atoms with Gasteiger partial charge < -0.3 is 4.84 Å². The number of nitrogens with one attached hydrogen (secondary N) is 1. The molecule has 0 aliphatic carbocycles. The maximum Gasteiger partial charge on any atom is 0.416 e. The van der Waals surface area contributed by atoms with Gasteiger partial charge in [-0.05, 0) is 35.7 Å². The van der Waals surface area contributed by atoms with Crippen LogP contribution in [0.1, 0.15) is 29.2 Å². The molecular formula is C20H22F3N3O2. The number of hydrogen-bond acceptors (Lipinski definition) is 4. The predicted octanol–water partition coefficient (Wildman–Crippen LogP) is 4.37. The van der Waals surface area contributed by atoms with E-state index in [4.69, 9.17) is 9.68 Å². The van der Waals surface area contributed by atoms with Crippen LogP contribution in [-0.2, 0) is 28.9 Å². The van der Waals surface area contributed by atoms with Gasteiger partial charge in [-0.3, -0.25) is 15.3 Å². The Morgan fingerprint density at radius 2 is 1.79 bits per heavy atom. The van der Waals surface area contributed by atoms with Gasteiger partial charge in [-0.15, -0.1) is 0 Å². The molecule has 0 atom stereocenters. The zero-order valence-electron chi connectivity index (χ0n) is 15.9. The first-order chi connectivity index (χ1) is 13.3. The van der Waals surface area contributed by atoms with Crippen LogP contribution in [0.25, 0.3) is 0 Å². The SMILES string of the molecule is CN=C(Cc1ccccc1CO/N=C(\C)c1cccc(C(F)(F)F)c1)NOC. The molecule has 0 saturated carbocycles. The lowest BCUT2D eigenvalue weighted by Crippen LogP contribution is -2.24. The number of halogens is 3. The minimum absolute atomic E-state index is 0.177. The summed E-state index contributed by atoms with van der Waals surface area (Å²) < 4.78 is 38.5. The van der Waals surface area contributed by atoms with Crippen molar-refractivity contribution in [1.29, 1.82) is 0 Å². The quantitative estimate of drug-likeness (QED) is 0.432. The van der Waals surface area contributed by atoms with Crippen LogP contribution in [0, 0.1) is 0 Å². The molecule has 0 aliphatic rings. The van der Waals surface area contributed by atoms with E-state index in [0.717, 1.165) is 23.3 Å². The first-order valence-corrected chi connectivity index (χ1v) is 8.50. The van der Waals surface area contributed by atoms with Crippen molar-refractivity contribution in [2.45, 2.75) is 26.1 Å². The summed E-state index contributed by atoms with van der Waals surface area (Å²) in [6.07, 6.45) is -3.88. The molecule has 2 aromatic carbocycles. The maximum absolute atomic E-state index is 12.8. The zero-order valence-corrected chi connectivity index (χ0v) is 15.9. The molecule has 0 heterocycles. The van der Waals surface area contributed by atoms with Crippen molar-refractivity contribution in [1.82, 2.24) is 5.48 Å². The molecule has 5 nitrogen and oxygen atoms in total. The second-order valence-electron chi connectivity index (χ2n) is 5.95. The molecule has 0 fully saturated rings. The molecule has 0 bridgehead atoms. The highest BCUT2D eigenvalue weighted by atomic mass is 19.4. The molecule has 0 amide bonds. The van der Waals surface area contributed by atoms with Crippen LogP contribution in [-0.4, -0.2) is 25.7 Å². The first-order valence-electron chi connectivity index (χ1n) is 8.50. The van der Waals surface area contributed by atoms with Gasteiger partial charge >= 0.3 is 6.18 Å². The number of hydrogen-bond donors (Lipinski definition) is 1. The van der Waals surface area contributed by atoms with E-state index in [1.807, 2.05) is 24.3 Å². The van der Waals surface area contributed by atoms with Crippen LogP contribution in [0.4, 0.5) is 13.2 Å². The Balaban J connectivity index is 2.09. The summed E-state index contributed by atoms with van der Waals surface area (Å²) in [5, 5.41) is 3.97. The van der Waals surface area contributed by atoms with E-state index in [1.165, 1.54) is 13.2 Å². The fraction of sp³-hybridized carbons (Fsp3) is 0.300. The summed E-state index contributed by atoms with van der Waals surface area (Å²) >= 11 is 0. The topological polar surface area (TPSA) is 55.2 Å². The van der Waals surface area contributed by atoms with E-state index in [0.29, 0.717) is 23.5 Å². The molecule has 28 heavy (non-hydrogen) atoms. The third-order valence-electron chi connectivity index (χ3n) is 4.00. The molecule has 2 aromatic rings. The fourth-order valence-corrected chi connectivity index (χ4v) is 2.50. The molecule has 8 heteroatoms. The van der Waals surface area contributed by atoms with Crippen molar-refractivity contribution in [3.8, 4) is 0 Å². The Hall–Kier alpha value is -2.87. The van der Waals surface area contributed by atoms with Crippen LogP contribution < -0.4 is 5.48 Å². The van der Waals surface area contributed by atoms with Crippen molar-refractivity contribution in [2.24, 2.45) is 10.1 Å². The van der Waals surface area contributed by atoms with Gasteiger partial charge in [0.25, 0.3) is 0 Å². The molecule has 0 spiro atoms. The standard InChI is InChI=1S/C20H22F3N3O2/c1-14(15-9-6-10-18(11-15)20(21,22)23)25-28-13-17-8-5-4-7-16(17)12-19(24-2)26-27-3/h4-11H,12-13H2,1-3H3,(H,24,26)/b25-14+. The molecule has 0 saturated heterocycles. The van der Waals surface area contributed by atoms with Crippen molar-refractivity contribution in [2.75, 3.05) is 14.2 Å². The van der Waals surface area contributed by atoms with Gasteiger partial charge in [0.2, 0.25) is 0 Å². The number of hydroxylamine groups is 1. The monoisotopic (exact) mass is 393 g/mol. The maximum atomic E-state index is 12.8. The summed E-state index contributed by atoms with van der Waals surface area (Å²) in [7, 11) is 3.16. The average Bonchev–Trinajstić information content (AvgIpc) is 2.68. The first kappa shape index (κ1) is 21.4. The summed E-state index contributed by atoms with van der Waals surface area (Å²) in [5.74, 6) is 0.651. The lowest BCUT2D eigenvalue weighted by Gasteiger charge is -2.11. The number of benzene rings is 2. The second-order valence-corrected chi connectivity index (χ2v) is 5.95. The average molecular weight is 393 g/mol. The van der Waals surface area contributed by atoms with E-state index < -0.39 is 11.7 Å². The molecule has 0 aliphatic heterocycles. The zero-order chi connectivity index (χ0) is 20.6. The lowest BCUT2D eigenvalue weighted by molar-refractivity contribution is -0.137. The number of nitrogens with zero attached hydrogens (tertiary/aromatic N) is 2. The Morgan fingerprint density at radius 1 is 1.07 bits per heavy atom. The number of alkyl halides is 3. The van der Waals surface area contributed by atoms with Crippen molar-refractivity contribution in [3.63, 3.8) is 0 Å². The molecule has 0 aromatic heterocycles. The Labute approximate surface area is 161 Å². The van der Waals surface area contributed by atoms with Gasteiger partial charge in [-0.25, -0.2) is 0 Å². The van der Waals surface area contributed by atoms with E-state index >= 15 is 0 Å². The van der Waals surface area contributed by atoms with E-state index in [9.17, 15) is 13.2 Å². The minimum atomic E-state index is -4.40. The molecule has 0 radical (unpaired) electrons. The number of amidine groups is 1. The Morgan fingerprint density at radius 3 is 2.43 bits per heavy atom. The van der Waals surface area contributed by atoms with E-state index in [2.05, 4.69) is 15.6 Å². The van der Waals surface area contributed by atoms with Crippen LogP contribution in [0.15, 0.2) is 58.7 Å². The Kier molecular flexibility index (Phi) is 7.57. The van der Waals surface area contributed by atoms with Gasteiger partial charge in [0.05, 0.1) is 18.4 Å². The highest BCUT2D eigenvalue weighted by Crippen LogP contribution is 2.29. The van der Waals surface area contributed by atoms with Gasteiger partial charge in [0, 0.05) is 13.5 Å².